The van der Waals surface area contributed by atoms with E-state index in [9.17, 15) is 15.0 Å². The van der Waals surface area contributed by atoms with Crippen LogP contribution in [0.15, 0.2) is 36.4 Å². The van der Waals surface area contributed by atoms with Crippen LogP contribution in [0.2, 0.25) is 5.02 Å². The predicted octanol–water partition coefficient (Wildman–Crippen LogP) is 4.47. The molecule has 4 heterocycles. The van der Waals surface area contributed by atoms with Gasteiger partial charge in [0.25, 0.3) is 0 Å². The van der Waals surface area contributed by atoms with Gasteiger partial charge in [0.2, 0.25) is 0 Å². The van der Waals surface area contributed by atoms with Crippen molar-refractivity contribution in [1.82, 2.24) is 9.97 Å². The number of fused-ring (bicyclic) bond motifs is 5. The predicted molar refractivity (Wildman–Crippen MR) is 136 cm³/mol. The zero-order valence-corrected chi connectivity index (χ0v) is 21.0. The van der Waals surface area contributed by atoms with Crippen molar-refractivity contribution < 1.29 is 29.2 Å². The highest BCUT2D eigenvalue weighted by molar-refractivity contribution is 6.33. The number of hydrogen-bond acceptors (Lipinski definition) is 6. The second kappa shape index (κ2) is 8.43. The van der Waals surface area contributed by atoms with Crippen molar-refractivity contribution in [1.29, 1.82) is 0 Å². The van der Waals surface area contributed by atoms with Gasteiger partial charge in [-0.1, -0.05) is 35.9 Å². The molecule has 2 aromatic heterocycles. The molecule has 3 aromatic rings. The summed E-state index contributed by atoms with van der Waals surface area (Å²) in [5, 5.41) is 20.2. The maximum Gasteiger partial charge on any atom is 0.309 e. The molecule has 8 nitrogen and oxygen atoms in total. The summed E-state index contributed by atoms with van der Waals surface area (Å²) in [6.07, 6.45) is 3.47. The summed E-state index contributed by atoms with van der Waals surface area (Å²) in [5.74, 6) is -0.0755. The monoisotopic (exact) mass is 524 g/mol. The minimum atomic E-state index is -0.628. The molecule has 5 fully saturated rings. The van der Waals surface area contributed by atoms with Gasteiger partial charge in [-0.05, 0) is 55.6 Å². The number of aromatic amines is 1. The SMILES string of the molecule is O=C(O)C12CCC(c3ccc(-c4nc5cc(O[C@@H]6COC7[C@H](O)CO[C@@H]76)[nH]c5cc4Cl)cc3)(CC1)CC2. The molecule has 2 bridgehead atoms. The lowest BCUT2D eigenvalue weighted by Crippen LogP contribution is -2.47. The Labute approximate surface area is 218 Å². The number of ether oxygens (including phenoxy) is 3. The molecular formula is C28H29ClN2O6. The van der Waals surface area contributed by atoms with Crippen LogP contribution >= 0.6 is 11.6 Å². The number of hydrogen-bond donors (Lipinski definition) is 3. The van der Waals surface area contributed by atoms with E-state index < -0.39 is 17.5 Å². The molecule has 3 aliphatic carbocycles. The van der Waals surface area contributed by atoms with Crippen molar-refractivity contribution in [2.45, 2.75) is 68.4 Å². The van der Waals surface area contributed by atoms with E-state index in [4.69, 9.17) is 30.8 Å². The fourth-order valence-electron chi connectivity index (χ4n) is 6.90. The van der Waals surface area contributed by atoms with Crippen LogP contribution in [0.5, 0.6) is 5.88 Å². The Morgan fingerprint density at radius 2 is 1.73 bits per heavy atom. The number of benzene rings is 1. The molecule has 2 saturated heterocycles. The number of carbonyl (C=O) groups is 1. The van der Waals surface area contributed by atoms with Crippen molar-refractivity contribution >= 4 is 28.6 Å². The molecule has 8 rings (SSSR count). The second-order valence-electron chi connectivity index (χ2n) is 11.1. The summed E-state index contributed by atoms with van der Waals surface area (Å²) in [6, 6.07) is 12.2. The van der Waals surface area contributed by atoms with Gasteiger partial charge in [-0.15, -0.1) is 0 Å². The van der Waals surface area contributed by atoms with E-state index in [-0.39, 0.29) is 30.3 Å². The van der Waals surface area contributed by atoms with Crippen LogP contribution in [0.1, 0.15) is 44.1 Å². The summed E-state index contributed by atoms with van der Waals surface area (Å²) < 4.78 is 17.4. The number of carboxylic acid groups (broad SMARTS) is 1. The summed E-state index contributed by atoms with van der Waals surface area (Å²) >= 11 is 6.65. The van der Waals surface area contributed by atoms with Crippen molar-refractivity contribution in [3.05, 3.63) is 47.0 Å². The Bertz CT molecular complexity index is 1350. The molecule has 9 heteroatoms. The second-order valence-corrected chi connectivity index (χ2v) is 11.6. The number of H-pyrrole nitrogens is 1. The lowest BCUT2D eigenvalue weighted by atomic mass is 9.52. The minimum absolute atomic E-state index is 0.0752. The number of nitrogens with zero attached hydrogens (tertiary/aromatic N) is 1. The van der Waals surface area contributed by atoms with Gasteiger partial charge in [0.1, 0.15) is 18.3 Å². The number of halogens is 1. The summed E-state index contributed by atoms with van der Waals surface area (Å²) in [5.41, 5.74) is 3.99. The fourth-order valence-corrected chi connectivity index (χ4v) is 7.16. The van der Waals surface area contributed by atoms with Gasteiger partial charge < -0.3 is 29.4 Å². The van der Waals surface area contributed by atoms with E-state index in [1.54, 1.807) is 0 Å². The van der Waals surface area contributed by atoms with Crippen LogP contribution in [-0.4, -0.2) is 63.8 Å². The van der Waals surface area contributed by atoms with E-state index >= 15 is 0 Å². The molecule has 0 spiro atoms. The number of rotatable bonds is 5. The van der Waals surface area contributed by atoms with Gasteiger partial charge in [-0.2, -0.15) is 0 Å². The first-order valence-electron chi connectivity index (χ1n) is 13.0. The van der Waals surface area contributed by atoms with Gasteiger partial charge in [-0.25, -0.2) is 4.98 Å². The number of carboxylic acids is 1. The van der Waals surface area contributed by atoms with Crippen LogP contribution in [0.4, 0.5) is 0 Å². The maximum absolute atomic E-state index is 11.8. The topological polar surface area (TPSA) is 114 Å². The molecule has 0 amide bonds. The maximum atomic E-state index is 11.8. The molecule has 1 unspecified atom stereocenters. The number of aromatic nitrogens is 2. The first-order valence-corrected chi connectivity index (χ1v) is 13.4. The molecule has 2 aliphatic heterocycles. The Morgan fingerprint density at radius 3 is 2.43 bits per heavy atom. The standard InChI is InChI=1S/C28H29ClN2O6/c29-17-11-18-19(12-22(30-18)37-21-14-36-24-20(32)13-35-25(21)24)31-23(17)15-1-3-16(4-2-15)27-5-8-28(9-6-27,10-7-27)26(33)34/h1-4,11-12,20-21,24-25,30,32H,5-10,13-14H2,(H,33,34)/t20-,21-,24?,25-,27?,28?/m1/s1. The Balaban J connectivity index is 1.11. The molecule has 4 atom stereocenters. The number of nitrogens with one attached hydrogen (secondary N) is 1. The highest BCUT2D eigenvalue weighted by atomic mass is 35.5. The average molecular weight is 525 g/mol. The Hall–Kier alpha value is -2.65. The molecule has 0 radical (unpaired) electrons. The van der Waals surface area contributed by atoms with Crippen LogP contribution in [0.3, 0.4) is 0 Å². The third kappa shape index (κ3) is 3.68. The number of aliphatic hydroxyl groups excluding tert-OH is 1. The van der Waals surface area contributed by atoms with Crippen LogP contribution in [-0.2, 0) is 19.7 Å². The normalized spacial score (nSPS) is 34.6. The summed E-state index contributed by atoms with van der Waals surface area (Å²) in [6.45, 7) is 0.609. The van der Waals surface area contributed by atoms with Gasteiger partial charge in [0.15, 0.2) is 12.0 Å². The van der Waals surface area contributed by atoms with Crippen molar-refractivity contribution in [2.75, 3.05) is 13.2 Å². The van der Waals surface area contributed by atoms with E-state index in [2.05, 4.69) is 29.2 Å². The quantitative estimate of drug-likeness (QED) is 0.451. The van der Waals surface area contributed by atoms with Gasteiger partial charge in [0.05, 0.1) is 40.4 Å². The Morgan fingerprint density at radius 1 is 1.03 bits per heavy atom. The van der Waals surface area contributed by atoms with Crippen LogP contribution in [0, 0.1) is 5.41 Å². The third-order valence-corrected chi connectivity index (χ3v) is 9.55. The van der Waals surface area contributed by atoms with Crippen molar-refractivity contribution in [2.24, 2.45) is 5.41 Å². The fraction of sp³-hybridized carbons (Fsp3) is 0.500. The first-order chi connectivity index (χ1) is 17.9. The molecule has 194 valence electrons. The molecule has 37 heavy (non-hydrogen) atoms. The minimum Gasteiger partial charge on any atom is -0.481 e. The van der Waals surface area contributed by atoms with Crippen LogP contribution in [0.25, 0.3) is 22.3 Å². The van der Waals surface area contributed by atoms with Crippen LogP contribution < -0.4 is 4.74 Å². The third-order valence-electron chi connectivity index (χ3n) is 9.26. The smallest absolute Gasteiger partial charge is 0.309 e. The molecule has 5 aliphatic rings. The van der Waals surface area contributed by atoms with E-state index in [1.807, 2.05) is 12.1 Å². The number of aliphatic carboxylic acids is 1. The summed E-state index contributed by atoms with van der Waals surface area (Å²) in [7, 11) is 0. The first kappa shape index (κ1) is 23.5. The zero-order valence-electron chi connectivity index (χ0n) is 20.3. The Kier molecular flexibility index (Phi) is 5.35. The van der Waals surface area contributed by atoms with Crippen molar-refractivity contribution in [3.8, 4) is 17.1 Å². The number of pyridine rings is 1. The molecule has 3 saturated carbocycles. The molecule has 3 N–H and O–H groups in total. The average Bonchev–Trinajstić information content (AvgIpc) is 3.61. The highest BCUT2D eigenvalue weighted by Crippen LogP contribution is 2.58. The molecule has 1 aromatic carbocycles. The lowest BCUT2D eigenvalue weighted by Gasteiger charge is -2.51. The lowest BCUT2D eigenvalue weighted by molar-refractivity contribution is -0.156. The largest absolute Gasteiger partial charge is 0.481 e. The number of aliphatic hydroxyl groups is 1. The van der Waals surface area contributed by atoms with Gasteiger partial charge >= 0.3 is 5.97 Å². The zero-order chi connectivity index (χ0) is 25.4. The van der Waals surface area contributed by atoms with Crippen molar-refractivity contribution in [3.63, 3.8) is 0 Å². The van der Waals surface area contributed by atoms with Gasteiger partial charge in [0, 0.05) is 11.6 Å². The summed E-state index contributed by atoms with van der Waals surface area (Å²) in [4.78, 5) is 19.8. The van der Waals surface area contributed by atoms with E-state index in [0.29, 0.717) is 23.2 Å². The van der Waals surface area contributed by atoms with E-state index in [1.165, 1.54) is 5.56 Å². The van der Waals surface area contributed by atoms with E-state index in [0.717, 1.165) is 55.1 Å². The highest BCUT2D eigenvalue weighted by Gasteiger charge is 2.53. The van der Waals surface area contributed by atoms with Gasteiger partial charge in [-0.3, -0.25) is 4.79 Å². The molecular weight excluding hydrogens is 496 g/mol.